The van der Waals surface area contributed by atoms with Crippen molar-refractivity contribution in [2.24, 2.45) is 0 Å². The Bertz CT molecular complexity index is 929. The third-order valence-electron chi connectivity index (χ3n) is 4.97. The number of rotatable bonds is 3. The van der Waals surface area contributed by atoms with Gasteiger partial charge in [-0.1, -0.05) is 34.0 Å². The van der Waals surface area contributed by atoms with Crippen LogP contribution in [0.25, 0.3) is 0 Å². The first-order valence-corrected chi connectivity index (χ1v) is 10.7. The Hall–Kier alpha value is -1.80. The Balaban J connectivity index is 1.41. The molecule has 0 saturated carbocycles. The number of carbonyl (C=O) groups is 2. The average Bonchev–Trinajstić information content (AvgIpc) is 3.18. The van der Waals surface area contributed by atoms with Crippen molar-refractivity contribution < 1.29 is 38.0 Å². The van der Waals surface area contributed by atoms with Gasteiger partial charge in [0, 0.05) is 16.0 Å². The summed E-state index contributed by atoms with van der Waals surface area (Å²) in [6.45, 7) is 6.73. The Morgan fingerprint density at radius 1 is 0.968 bits per heavy atom. The lowest BCUT2D eigenvalue weighted by atomic mass is 9.99. The van der Waals surface area contributed by atoms with Gasteiger partial charge in [-0.3, -0.25) is 4.79 Å². The molecule has 31 heavy (non-hydrogen) atoms. The van der Waals surface area contributed by atoms with E-state index in [1.54, 1.807) is 52.0 Å². The van der Waals surface area contributed by atoms with E-state index in [9.17, 15) is 9.59 Å². The molecule has 4 rings (SSSR count). The highest BCUT2D eigenvalue weighted by molar-refractivity contribution is 9.10. The quantitative estimate of drug-likeness (QED) is 0.274. The van der Waals surface area contributed by atoms with Crippen molar-refractivity contribution >= 4 is 27.7 Å². The molecule has 3 heterocycles. The highest BCUT2D eigenvalue weighted by Crippen LogP contribution is 2.43. The van der Waals surface area contributed by atoms with Gasteiger partial charge in [-0.2, -0.15) is 0 Å². The molecular formula is C22H23BrO8. The number of esters is 1. The van der Waals surface area contributed by atoms with E-state index in [0.29, 0.717) is 5.56 Å². The smallest absolute Gasteiger partial charge is 0.384 e. The van der Waals surface area contributed by atoms with Gasteiger partial charge in [0.05, 0.1) is 0 Å². The summed E-state index contributed by atoms with van der Waals surface area (Å²) >= 11 is 3.30. The van der Waals surface area contributed by atoms with Gasteiger partial charge in [-0.15, -0.1) is 0 Å². The summed E-state index contributed by atoms with van der Waals surface area (Å²) in [5, 5.41) is 0. The zero-order valence-electron chi connectivity index (χ0n) is 17.5. The van der Waals surface area contributed by atoms with E-state index in [-0.39, 0.29) is 5.78 Å². The summed E-state index contributed by atoms with van der Waals surface area (Å²) in [7, 11) is 0. The van der Waals surface area contributed by atoms with Crippen LogP contribution in [-0.2, 0) is 33.2 Å². The normalized spacial score (nSPS) is 32.4. The van der Waals surface area contributed by atoms with Crippen LogP contribution in [0.15, 0.2) is 28.7 Å². The zero-order valence-corrected chi connectivity index (χ0v) is 19.1. The second-order valence-corrected chi connectivity index (χ2v) is 9.28. The van der Waals surface area contributed by atoms with Gasteiger partial charge in [0.1, 0.15) is 18.3 Å². The predicted octanol–water partition coefficient (Wildman–Crippen LogP) is 2.57. The molecule has 1 aromatic carbocycles. The summed E-state index contributed by atoms with van der Waals surface area (Å²) in [4.78, 5) is 24.2. The summed E-state index contributed by atoms with van der Waals surface area (Å²) < 4.78 is 35.4. The molecule has 5 atom stereocenters. The summed E-state index contributed by atoms with van der Waals surface area (Å²) in [6, 6.07) is 6.76. The Labute approximate surface area is 188 Å². The van der Waals surface area contributed by atoms with Gasteiger partial charge in [0.15, 0.2) is 36.4 Å². The van der Waals surface area contributed by atoms with Gasteiger partial charge in [0.25, 0.3) is 0 Å². The van der Waals surface area contributed by atoms with Crippen molar-refractivity contribution in [3.05, 3.63) is 34.3 Å². The first-order valence-electron chi connectivity index (χ1n) is 9.87. The molecule has 1 aromatic rings. The third-order valence-corrected chi connectivity index (χ3v) is 5.50. The van der Waals surface area contributed by atoms with Crippen LogP contribution in [0.3, 0.4) is 0 Å². The third kappa shape index (κ3) is 5.00. The highest BCUT2D eigenvalue weighted by atomic mass is 79.9. The molecule has 3 aliphatic rings. The first kappa shape index (κ1) is 22.4. The van der Waals surface area contributed by atoms with Crippen LogP contribution in [0, 0.1) is 11.8 Å². The van der Waals surface area contributed by atoms with Gasteiger partial charge in [-0.05, 0) is 39.8 Å². The van der Waals surface area contributed by atoms with E-state index in [0.717, 1.165) is 4.47 Å². The number of benzene rings is 1. The van der Waals surface area contributed by atoms with E-state index < -0.39 is 54.9 Å². The van der Waals surface area contributed by atoms with Crippen molar-refractivity contribution in [1.82, 2.24) is 0 Å². The SMILES string of the molecule is CC1(C)O[C@H]2[C@@H](O1)[C@@H](C#CC(=O)OCC(=O)c1ccc(Br)cc1)O[C@@H]1OC(C)(C)O[C@@H]12. The standard InChI is InChI=1S/C22H23BrO8/c1-21(2)28-17-15(27-20-19(18(17)29-21)30-22(3,4)31-20)9-10-16(25)26-11-14(24)12-5-7-13(23)8-6-12/h5-8,15,17-20H,11H2,1-4H3/t15-,17+,18+,19-,20-/m1/s1. The topological polar surface area (TPSA) is 89.5 Å². The van der Waals surface area contributed by atoms with Gasteiger partial charge >= 0.3 is 5.97 Å². The minimum absolute atomic E-state index is 0.326. The molecule has 0 amide bonds. The Morgan fingerprint density at radius 3 is 2.29 bits per heavy atom. The molecule has 8 nitrogen and oxygen atoms in total. The molecule has 3 aliphatic heterocycles. The molecule has 0 bridgehead atoms. The van der Waals surface area contributed by atoms with Crippen molar-refractivity contribution in [2.75, 3.05) is 6.61 Å². The molecule has 0 aliphatic carbocycles. The highest BCUT2D eigenvalue weighted by Gasteiger charge is 2.60. The fourth-order valence-corrected chi connectivity index (χ4v) is 4.01. The number of carbonyl (C=O) groups excluding carboxylic acids is 2. The lowest BCUT2D eigenvalue weighted by molar-refractivity contribution is -0.220. The molecule has 3 saturated heterocycles. The van der Waals surface area contributed by atoms with Crippen LogP contribution in [0.2, 0.25) is 0 Å². The summed E-state index contributed by atoms with van der Waals surface area (Å²) in [5.41, 5.74) is 0.438. The van der Waals surface area contributed by atoms with Gasteiger partial charge in [-0.25, -0.2) is 4.79 Å². The van der Waals surface area contributed by atoms with Crippen LogP contribution in [0.5, 0.6) is 0 Å². The lowest BCUT2D eigenvalue weighted by Crippen LogP contribution is -2.54. The van der Waals surface area contributed by atoms with E-state index in [1.807, 2.05) is 0 Å². The first-order chi connectivity index (χ1) is 14.5. The molecule has 0 radical (unpaired) electrons. The minimum Gasteiger partial charge on any atom is -0.448 e. The average molecular weight is 495 g/mol. The van der Waals surface area contributed by atoms with Crippen LogP contribution >= 0.6 is 15.9 Å². The number of Topliss-reactive ketones (excluding diaryl/α,β-unsaturated/α-hetero) is 1. The van der Waals surface area contributed by atoms with E-state index in [1.165, 1.54) is 0 Å². The maximum Gasteiger partial charge on any atom is 0.384 e. The molecule has 9 heteroatoms. The second-order valence-electron chi connectivity index (χ2n) is 8.37. The number of hydrogen-bond acceptors (Lipinski definition) is 8. The number of hydrogen-bond donors (Lipinski definition) is 0. The number of ketones is 1. The fourth-order valence-electron chi connectivity index (χ4n) is 3.74. The van der Waals surface area contributed by atoms with E-state index in [2.05, 4.69) is 27.8 Å². The van der Waals surface area contributed by atoms with E-state index >= 15 is 0 Å². The van der Waals surface area contributed by atoms with Crippen LogP contribution in [0.1, 0.15) is 38.1 Å². The van der Waals surface area contributed by atoms with E-state index in [4.69, 9.17) is 28.4 Å². The Kier molecular flexibility index (Phi) is 5.98. The molecule has 0 unspecified atom stereocenters. The fraction of sp³-hybridized carbons (Fsp3) is 0.545. The van der Waals surface area contributed by atoms with Crippen molar-refractivity contribution in [1.29, 1.82) is 0 Å². The molecule has 0 spiro atoms. The second kappa shape index (κ2) is 8.28. The summed E-state index contributed by atoms with van der Waals surface area (Å²) in [6.07, 6.45) is -3.01. The summed E-state index contributed by atoms with van der Waals surface area (Å²) in [5.74, 6) is 2.25. The molecular weight excluding hydrogens is 472 g/mol. The van der Waals surface area contributed by atoms with Crippen LogP contribution in [-0.4, -0.2) is 60.6 Å². The molecule has 0 aromatic heterocycles. The molecule has 166 valence electrons. The number of fused-ring (bicyclic) bond motifs is 3. The van der Waals surface area contributed by atoms with Gasteiger partial charge < -0.3 is 28.4 Å². The maximum absolute atomic E-state index is 12.1. The Morgan fingerprint density at radius 2 is 1.58 bits per heavy atom. The van der Waals surface area contributed by atoms with Crippen molar-refractivity contribution in [3.63, 3.8) is 0 Å². The van der Waals surface area contributed by atoms with Crippen molar-refractivity contribution in [3.8, 4) is 11.8 Å². The predicted molar refractivity (Wildman–Crippen MR) is 110 cm³/mol. The number of ether oxygens (including phenoxy) is 6. The maximum atomic E-state index is 12.1. The molecule has 0 N–H and O–H groups in total. The largest absolute Gasteiger partial charge is 0.448 e. The van der Waals surface area contributed by atoms with Crippen LogP contribution < -0.4 is 0 Å². The number of halogens is 1. The zero-order chi connectivity index (χ0) is 22.4. The minimum atomic E-state index is -0.860. The monoisotopic (exact) mass is 494 g/mol. The lowest BCUT2D eigenvalue weighted by Gasteiger charge is -2.34. The molecule has 3 fully saturated rings. The van der Waals surface area contributed by atoms with Gasteiger partial charge in [0.2, 0.25) is 0 Å². The van der Waals surface area contributed by atoms with Crippen molar-refractivity contribution in [2.45, 2.75) is 70.0 Å². The van der Waals surface area contributed by atoms with Crippen LogP contribution in [0.4, 0.5) is 0 Å².